The number of carbonyl (C=O) groups is 2. The van der Waals surface area contributed by atoms with Crippen molar-refractivity contribution in [3.05, 3.63) is 29.3 Å². The van der Waals surface area contributed by atoms with Crippen molar-refractivity contribution in [2.24, 2.45) is 5.92 Å². The number of aryl methyl sites for hydroxylation is 2. The van der Waals surface area contributed by atoms with Crippen molar-refractivity contribution in [3.63, 3.8) is 0 Å². The van der Waals surface area contributed by atoms with Crippen LogP contribution in [0.1, 0.15) is 30.9 Å². The summed E-state index contributed by atoms with van der Waals surface area (Å²) < 4.78 is 5.07. The van der Waals surface area contributed by atoms with E-state index >= 15 is 0 Å². The SMILES string of the molecule is CCOC(=O)C1CC[NH+](CC(=O)Nc2ccc(C)cc2C)CC1. The molecule has 5 heteroatoms. The van der Waals surface area contributed by atoms with Gasteiger partial charge in [0.15, 0.2) is 6.54 Å². The normalized spacial score (nSPS) is 20.8. The maximum absolute atomic E-state index is 12.2. The Hall–Kier alpha value is -1.88. The third-order valence-corrected chi connectivity index (χ3v) is 4.38. The van der Waals surface area contributed by atoms with Crippen LogP contribution in [0, 0.1) is 19.8 Å². The molecule has 0 spiro atoms. The first-order chi connectivity index (χ1) is 11.0. The van der Waals surface area contributed by atoms with Crippen LogP contribution in [0.3, 0.4) is 0 Å². The van der Waals surface area contributed by atoms with E-state index in [0.717, 1.165) is 37.2 Å². The number of piperidine rings is 1. The van der Waals surface area contributed by atoms with E-state index in [1.54, 1.807) is 0 Å². The molecule has 0 unspecified atom stereocenters. The Morgan fingerprint density at radius 1 is 1.26 bits per heavy atom. The number of likely N-dealkylation sites (tertiary alicyclic amines) is 1. The van der Waals surface area contributed by atoms with Crippen molar-refractivity contribution in [1.82, 2.24) is 0 Å². The number of rotatable bonds is 5. The first-order valence-corrected chi connectivity index (χ1v) is 8.37. The van der Waals surface area contributed by atoms with Gasteiger partial charge in [-0.1, -0.05) is 17.7 Å². The zero-order valence-electron chi connectivity index (χ0n) is 14.3. The van der Waals surface area contributed by atoms with E-state index in [0.29, 0.717) is 13.2 Å². The van der Waals surface area contributed by atoms with Crippen LogP contribution in [0.25, 0.3) is 0 Å². The second-order valence-electron chi connectivity index (χ2n) is 6.32. The van der Waals surface area contributed by atoms with Gasteiger partial charge in [0.25, 0.3) is 5.91 Å². The van der Waals surface area contributed by atoms with Crippen molar-refractivity contribution in [1.29, 1.82) is 0 Å². The third-order valence-electron chi connectivity index (χ3n) is 4.38. The lowest BCUT2D eigenvalue weighted by Gasteiger charge is -2.27. The largest absolute Gasteiger partial charge is 0.466 e. The Kier molecular flexibility index (Phi) is 6.16. The molecule has 1 aliphatic rings. The van der Waals surface area contributed by atoms with Gasteiger partial charge in [-0.05, 0) is 32.4 Å². The topological polar surface area (TPSA) is 59.8 Å². The average molecular weight is 319 g/mol. The van der Waals surface area contributed by atoms with Crippen molar-refractivity contribution in [2.45, 2.75) is 33.6 Å². The number of carbonyl (C=O) groups excluding carboxylic acids is 2. The van der Waals surface area contributed by atoms with E-state index in [1.807, 2.05) is 32.9 Å². The minimum Gasteiger partial charge on any atom is -0.466 e. The first-order valence-electron chi connectivity index (χ1n) is 8.37. The van der Waals surface area contributed by atoms with Crippen LogP contribution < -0.4 is 10.2 Å². The van der Waals surface area contributed by atoms with Crippen molar-refractivity contribution >= 4 is 17.6 Å². The minimum absolute atomic E-state index is 0.00102. The molecule has 1 amide bonds. The number of hydrogen-bond acceptors (Lipinski definition) is 3. The number of benzene rings is 1. The van der Waals surface area contributed by atoms with E-state index in [4.69, 9.17) is 4.74 Å². The molecule has 0 atom stereocenters. The van der Waals surface area contributed by atoms with Crippen molar-refractivity contribution in [2.75, 3.05) is 31.6 Å². The molecule has 1 saturated heterocycles. The quantitative estimate of drug-likeness (QED) is 0.799. The van der Waals surface area contributed by atoms with Crippen LogP contribution in [0.4, 0.5) is 5.69 Å². The van der Waals surface area contributed by atoms with E-state index < -0.39 is 0 Å². The molecule has 2 rings (SSSR count). The molecular weight excluding hydrogens is 292 g/mol. The van der Waals surface area contributed by atoms with Crippen LogP contribution in [-0.2, 0) is 14.3 Å². The summed E-state index contributed by atoms with van der Waals surface area (Å²) in [4.78, 5) is 25.2. The molecule has 0 aromatic heterocycles. The Morgan fingerprint density at radius 2 is 1.96 bits per heavy atom. The monoisotopic (exact) mass is 319 g/mol. The first kappa shape index (κ1) is 17.5. The van der Waals surface area contributed by atoms with Gasteiger partial charge in [0.1, 0.15) is 0 Å². The van der Waals surface area contributed by atoms with E-state index in [1.165, 1.54) is 10.5 Å². The number of nitrogens with one attached hydrogen (secondary N) is 2. The van der Waals surface area contributed by atoms with Crippen LogP contribution in [-0.4, -0.2) is 38.1 Å². The van der Waals surface area contributed by atoms with Crippen molar-refractivity contribution in [3.8, 4) is 0 Å². The predicted octanol–water partition coefficient (Wildman–Crippen LogP) is 1.10. The summed E-state index contributed by atoms with van der Waals surface area (Å²) in [6.07, 6.45) is 1.59. The highest BCUT2D eigenvalue weighted by Crippen LogP contribution is 2.15. The molecule has 1 aromatic carbocycles. The Bertz CT molecular complexity index is 563. The Morgan fingerprint density at radius 3 is 2.57 bits per heavy atom. The number of quaternary nitrogens is 1. The Labute approximate surface area is 138 Å². The number of amides is 1. The lowest BCUT2D eigenvalue weighted by atomic mass is 9.97. The van der Waals surface area contributed by atoms with Gasteiger partial charge < -0.3 is 15.0 Å². The summed E-state index contributed by atoms with van der Waals surface area (Å²) in [5.41, 5.74) is 3.14. The maximum atomic E-state index is 12.2. The standard InChI is InChI=1S/C18H26N2O3/c1-4-23-18(22)15-7-9-20(10-8-15)12-17(21)19-16-6-5-13(2)11-14(16)3/h5-6,11,15H,4,7-10,12H2,1-3H3,(H,19,21)/p+1. The molecule has 126 valence electrons. The lowest BCUT2D eigenvalue weighted by molar-refractivity contribution is -0.897. The fraction of sp³-hybridized carbons (Fsp3) is 0.556. The molecule has 0 aliphatic carbocycles. The van der Waals surface area contributed by atoms with Crippen LogP contribution in [0.15, 0.2) is 18.2 Å². The third kappa shape index (κ3) is 5.06. The molecule has 23 heavy (non-hydrogen) atoms. The zero-order valence-corrected chi connectivity index (χ0v) is 14.3. The summed E-state index contributed by atoms with van der Waals surface area (Å²) >= 11 is 0. The summed E-state index contributed by atoms with van der Waals surface area (Å²) in [5, 5.41) is 2.99. The Balaban J connectivity index is 1.79. The summed E-state index contributed by atoms with van der Waals surface area (Å²) in [7, 11) is 0. The smallest absolute Gasteiger partial charge is 0.309 e. The van der Waals surface area contributed by atoms with E-state index in [9.17, 15) is 9.59 Å². The fourth-order valence-electron chi connectivity index (χ4n) is 3.07. The molecule has 1 aliphatic heterocycles. The second kappa shape index (κ2) is 8.11. The highest BCUT2D eigenvalue weighted by Gasteiger charge is 2.29. The maximum Gasteiger partial charge on any atom is 0.309 e. The molecule has 1 heterocycles. The summed E-state index contributed by atoms with van der Waals surface area (Å²) in [6.45, 7) is 8.42. The van der Waals surface area contributed by atoms with Gasteiger partial charge in [-0.3, -0.25) is 9.59 Å². The van der Waals surface area contributed by atoms with Gasteiger partial charge in [-0.2, -0.15) is 0 Å². The van der Waals surface area contributed by atoms with Gasteiger partial charge in [0, 0.05) is 18.5 Å². The predicted molar refractivity (Wildman–Crippen MR) is 89.5 cm³/mol. The molecule has 0 bridgehead atoms. The van der Waals surface area contributed by atoms with Gasteiger partial charge in [0.2, 0.25) is 0 Å². The lowest BCUT2D eigenvalue weighted by Crippen LogP contribution is -3.14. The number of anilines is 1. The van der Waals surface area contributed by atoms with E-state index in [2.05, 4.69) is 11.4 Å². The summed E-state index contributed by atoms with van der Waals surface area (Å²) in [6, 6.07) is 6.01. The number of ether oxygens (including phenoxy) is 1. The molecule has 1 fully saturated rings. The molecule has 5 nitrogen and oxygen atoms in total. The minimum atomic E-state index is -0.0914. The molecule has 0 radical (unpaired) electrons. The van der Waals surface area contributed by atoms with E-state index in [-0.39, 0.29) is 17.8 Å². The van der Waals surface area contributed by atoms with Gasteiger partial charge >= 0.3 is 5.97 Å². The molecule has 0 saturated carbocycles. The van der Waals surface area contributed by atoms with Crippen molar-refractivity contribution < 1.29 is 19.2 Å². The van der Waals surface area contributed by atoms with Gasteiger partial charge in [-0.25, -0.2) is 0 Å². The fourth-order valence-corrected chi connectivity index (χ4v) is 3.07. The molecular formula is C18H27N2O3+. The molecule has 1 aromatic rings. The number of esters is 1. The van der Waals surface area contributed by atoms with Crippen LogP contribution in [0.5, 0.6) is 0 Å². The van der Waals surface area contributed by atoms with Gasteiger partial charge in [-0.15, -0.1) is 0 Å². The average Bonchev–Trinajstić information content (AvgIpc) is 2.51. The van der Waals surface area contributed by atoms with Crippen LogP contribution in [0.2, 0.25) is 0 Å². The zero-order chi connectivity index (χ0) is 16.8. The van der Waals surface area contributed by atoms with Crippen LogP contribution >= 0.6 is 0 Å². The molecule has 2 N–H and O–H groups in total. The highest BCUT2D eigenvalue weighted by atomic mass is 16.5. The second-order valence-corrected chi connectivity index (χ2v) is 6.32. The number of hydrogen-bond donors (Lipinski definition) is 2. The summed E-state index contributed by atoms with van der Waals surface area (Å²) in [5.74, 6) is -0.0612. The van der Waals surface area contributed by atoms with Gasteiger partial charge in [0.05, 0.1) is 25.6 Å². The highest BCUT2D eigenvalue weighted by molar-refractivity contribution is 5.92.